The lowest BCUT2D eigenvalue weighted by Gasteiger charge is -2.24. The summed E-state index contributed by atoms with van der Waals surface area (Å²) in [5.41, 5.74) is 4.46. The molecule has 1 aliphatic rings. The number of alkyl halides is 2. The maximum Gasteiger partial charge on any atom is 0.472 e. The van der Waals surface area contributed by atoms with Gasteiger partial charge < -0.3 is 35.1 Å². The van der Waals surface area contributed by atoms with Crippen LogP contribution in [0.1, 0.15) is 133 Å². The van der Waals surface area contributed by atoms with Gasteiger partial charge >= 0.3 is 7.82 Å². The lowest BCUT2D eigenvalue weighted by molar-refractivity contribution is -0.0690. The Morgan fingerprint density at radius 3 is 2.21 bits per heavy atom. The van der Waals surface area contributed by atoms with Crippen LogP contribution in [0.25, 0.3) is 5.52 Å². The summed E-state index contributed by atoms with van der Waals surface area (Å²) in [5, 5.41) is 36.0. The van der Waals surface area contributed by atoms with E-state index in [1.165, 1.54) is 118 Å². The van der Waals surface area contributed by atoms with Gasteiger partial charge in [-0.25, -0.2) is 22.8 Å². The molecule has 1 fully saturated rings. The number of nitriles is 1. The van der Waals surface area contributed by atoms with Gasteiger partial charge in [-0.2, -0.15) is 10.4 Å². The Kier molecular flexibility index (Phi) is 20.4. The normalized spacial score (nSPS) is 21.1. The SMILES string of the molecule is CCCCCCCCCCCCCCCCCCOC[C@H](COP(=O)(O)OC[C@H]1O[C@@](C#N)(c2ccc3c(N)ncnn23)[C@H](O)[C@@H]1O)OCc1cccc(C(F)F)c1. The highest BCUT2D eigenvalue weighted by atomic mass is 31.2. The monoisotopic (exact) mass is 837 g/mol. The Balaban J connectivity index is 1.20. The first-order valence-electron chi connectivity index (χ1n) is 20.7. The van der Waals surface area contributed by atoms with Gasteiger partial charge in [-0.3, -0.25) is 9.05 Å². The lowest BCUT2D eigenvalue weighted by Crippen LogP contribution is -2.41. The van der Waals surface area contributed by atoms with E-state index in [1.807, 2.05) is 6.07 Å². The summed E-state index contributed by atoms with van der Waals surface area (Å²) in [7, 11) is -4.83. The highest BCUT2D eigenvalue weighted by Gasteiger charge is 2.58. The van der Waals surface area contributed by atoms with Crippen LogP contribution in [-0.4, -0.2) is 80.5 Å². The summed E-state index contributed by atoms with van der Waals surface area (Å²) in [5.74, 6) is 0.107. The van der Waals surface area contributed by atoms with Crippen LogP contribution in [0.15, 0.2) is 42.7 Å². The molecule has 1 aromatic carbocycles. The van der Waals surface area contributed by atoms with Crippen LogP contribution in [-0.2, 0) is 40.0 Å². The molecule has 0 bridgehead atoms. The molecule has 3 heterocycles. The summed E-state index contributed by atoms with van der Waals surface area (Å²) in [6, 6.07) is 10.6. The van der Waals surface area contributed by atoms with E-state index in [2.05, 4.69) is 17.0 Å². The first kappa shape index (κ1) is 47.6. The van der Waals surface area contributed by atoms with Gasteiger partial charge in [0.25, 0.3) is 6.43 Å². The average molecular weight is 838 g/mol. The van der Waals surface area contributed by atoms with E-state index in [-0.39, 0.29) is 30.3 Å². The zero-order chi connectivity index (χ0) is 41.8. The van der Waals surface area contributed by atoms with Crippen molar-refractivity contribution in [3.63, 3.8) is 0 Å². The number of phosphoric ester groups is 1. The molecule has 0 spiro atoms. The molecule has 14 nitrogen and oxygen atoms in total. The maximum absolute atomic E-state index is 13.3. The molecule has 58 heavy (non-hydrogen) atoms. The minimum Gasteiger partial charge on any atom is -0.387 e. The molecule has 5 N–H and O–H groups in total. The number of phosphoric acid groups is 1. The molecule has 4 rings (SSSR count). The van der Waals surface area contributed by atoms with Gasteiger partial charge in [-0.15, -0.1) is 0 Å². The molecule has 2 aromatic heterocycles. The number of aromatic nitrogens is 3. The number of rotatable bonds is 30. The molecule has 1 unspecified atom stereocenters. The molecule has 1 aliphatic heterocycles. The van der Waals surface area contributed by atoms with E-state index in [0.717, 1.165) is 25.6 Å². The van der Waals surface area contributed by atoms with Crippen molar-refractivity contribution >= 4 is 19.2 Å². The second-order valence-electron chi connectivity index (χ2n) is 15.0. The predicted octanol–water partition coefficient (Wildman–Crippen LogP) is 8.09. The number of fused-ring (bicyclic) bond motifs is 1. The summed E-state index contributed by atoms with van der Waals surface area (Å²) in [6.45, 7) is 1.39. The van der Waals surface area contributed by atoms with Crippen LogP contribution in [0.2, 0.25) is 0 Å². The molecule has 0 saturated carbocycles. The average Bonchev–Trinajstić information content (AvgIpc) is 3.76. The molecule has 324 valence electrons. The third kappa shape index (κ3) is 14.6. The Labute approximate surface area is 340 Å². The number of unbranched alkanes of at least 4 members (excludes halogenated alkanes) is 15. The number of aliphatic hydroxyl groups is 2. The van der Waals surface area contributed by atoms with Gasteiger partial charge in [-0.05, 0) is 30.2 Å². The van der Waals surface area contributed by atoms with Gasteiger partial charge in [0.15, 0.2) is 5.82 Å². The standard InChI is InChI=1S/C41H62F2N5O9P/c1-2-3-4-5-6-7-8-9-10-11-12-13-14-15-16-17-23-53-26-33(54-25-31-19-18-20-32(24-31)39(42)43)27-55-58(51,52)56-28-35-37(49)38(50)41(29-44,57-35)36-22-21-34-40(45)46-30-47-48(34)36/h18-22,24,30,33,35,37-39,49-50H,2-17,23,25-28H2,1H3,(H,51,52)(H2,45,46,47)/t33-,35-,37-,38-,41+/m1/s1. The highest BCUT2D eigenvalue weighted by molar-refractivity contribution is 7.47. The fraction of sp³-hybridized carbons (Fsp3) is 0.683. The summed E-state index contributed by atoms with van der Waals surface area (Å²) in [4.78, 5) is 14.5. The van der Waals surface area contributed by atoms with Crippen molar-refractivity contribution in [2.75, 3.05) is 32.2 Å². The smallest absolute Gasteiger partial charge is 0.387 e. The van der Waals surface area contributed by atoms with E-state index in [0.29, 0.717) is 17.7 Å². The van der Waals surface area contributed by atoms with Crippen molar-refractivity contribution in [1.82, 2.24) is 14.6 Å². The quantitative estimate of drug-likeness (QED) is 0.0371. The first-order valence-corrected chi connectivity index (χ1v) is 22.2. The molecule has 17 heteroatoms. The highest BCUT2D eigenvalue weighted by Crippen LogP contribution is 2.46. The number of halogens is 2. The number of benzene rings is 1. The summed E-state index contributed by atoms with van der Waals surface area (Å²) in [6.07, 6.45) is 12.7. The number of nitrogens with two attached hydrogens (primary N) is 1. The third-order valence-electron chi connectivity index (χ3n) is 10.4. The number of ether oxygens (including phenoxy) is 3. The Bertz CT molecular complexity index is 1730. The molecule has 6 atom stereocenters. The van der Waals surface area contributed by atoms with Crippen LogP contribution < -0.4 is 5.73 Å². The minimum atomic E-state index is -4.83. The van der Waals surface area contributed by atoms with E-state index in [9.17, 15) is 33.7 Å². The van der Waals surface area contributed by atoms with Crippen LogP contribution in [0.3, 0.4) is 0 Å². The number of nitrogen functional groups attached to an aromatic ring is 1. The molecule has 0 amide bonds. The van der Waals surface area contributed by atoms with Gasteiger partial charge in [0, 0.05) is 12.2 Å². The molecule has 0 radical (unpaired) electrons. The number of anilines is 1. The number of hydrogen-bond acceptors (Lipinski definition) is 12. The summed E-state index contributed by atoms with van der Waals surface area (Å²) < 4.78 is 68.7. The second kappa shape index (κ2) is 24.9. The van der Waals surface area contributed by atoms with Crippen LogP contribution >= 0.6 is 7.82 Å². The topological polar surface area (TPSA) is 204 Å². The number of aliphatic hydroxyl groups excluding tert-OH is 2. The van der Waals surface area contributed by atoms with Crippen molar-refractivity contribution in [1.29, 1.82) is 5.26 Å². The van der Waals surface area contributed by atoms with Gasteiger partial charge in [0.05, 0.1) is 32.1 Å². The zero-order valence-corrected chi connectivity index (χ0v) is 34.5. The molecular formula is C41H62F2N5O9P. The predicted molar refractivity (Wildman–Crippen MR) is 214 cm³/mol. The second-order valence-corrected chi connectivity index (χ2v) is 16.5. The first-order chi connectivity index (χ1) is 28.0. The molecule has 0 aliphatic carbocycles. The van der Waals surface area contributed by atoms with Crippen LogP contribution in [0, 0.1) is 11.3 Å². The van der Waals surface area contributed by atoms with Crippen LogP contribution in [0.4, 0.5) is 14.6 Å². The van der Waals surface area contributed by atoms with Gasteiger partial charge in [0.1, 0.15) is 42.3 Å². The van der Waals surface area contributed by atoms with E-state index in [4.69, 9.17) is 29.0 Å². The van der Waals surface area contributed by atoms with Crippen molar-refractivity contribution in [3.05, 3.63) is 59.5 Å². The Morgan fingerprint density at radius 2 is 1.59 bits per heavy atom. The Morgan fingerprint density at radius 1 is 0.948 bits per heavy atom. The number of hydrogen-bond donors (Lipinski definition) is 4. The third-order valence-corrected chi connectivity index (χ3v) is 11.4. The fourth-order valence-corrected chi connectivity index (χ4v) is 7.84. The van der Waals surface area contributed by atoms with Gasteiger partial charge in [0.2, 0.25) is 5.60 Å². The van der Waals surface area contributed by atoms with Crippen molar-refractivity contribution in [2.45, 2.75) is 153 Å². The zero-order valence-electron chi connectivity index (χ0n) is 33.6. The molecule has 1 saturated heterocycles. The van der Waals surface area contributed by atoms with E-state index < -0.39 is 57.5 Å². The van der Waals surface area contributed by atoms with Gasteiger partial charge in [-0.1, -0.05) is 121 Å². The van der Waals surface area contributed by atoms with Crippen LogP contribution in [0.5, 0.6) is 0 Å². The van der Waals surface area contributed by atoms with Crippen molar-refractivity contribution in [2.24, 2.45) is 0 Å². The van der Waals surface area contributed by atoms with E-state index >= 15 is 0 Å². The van der Waals surface area contributed by atoms with Crippen molar-refractivity contribution < 1.29 is 51.7 Å². The summed E-state index contributed by atoms with van der Waals surface area (Å²) >= 11 is 0. The number of nitrogens with zero attached hydrogens (tertiary/aromatic N) is 4. The van der Waals surface area contributed by atoms with E-state index in [1.54, 1.807) is 6.07 Å². The largest absolute Gasteiger partial charge is 0.472 e. The maximum atomic E-state index is 13.3. The minimum absolute atomic E-state index is 0.00600. The fourth-order valence-electron chi connectivity index (χ4n) is 7.08. The van der Waals surface area contributed by atoms with Crippen molar-refractivity contribution in [3.8, 4) is 6.07 Å². The lowest BCUT2D eigenvalue weighted by atomic mass is 9.92. The Hall–Kier alpha value is -3.10. The molecule has 3 aromatic rings. The molecular weight excluding hydrogens is 775 g/mol.